The van der Waals surface area contributed by atoms with Crippen LogP contribution in [0.3, 0.4) is 0 Å². The summed E-state index contributed by atoms with van der Waals surface area (Å²) in [7, 11) is -3.93. The van der Waals surface area contributed by atoms with Crippen molar-refractivity contribution in [1.29, 1.82) is 0 Å². The van der Waals surface area contributed by atoms with Crippen LogP contribution in [0.2, 0.25) is 5.02 Å². The number of halogens is 1. The van der Waals surface area contributed by atoms with Crippen LogP contribution in [0.4, 0.5) is 5.82 Å². The molecule has 2 atom stereocenters. The number of aromatic nitrogens is 1. The highest BCUT2D eigenvalue weighted by Gasteiger charge is 2.38. The van der Waals surface area contributed by atoms with Gasteiger partial charge in [-0.2, -0.15) is 4.31 Å². The summed E-state index contributed by atoms with van der Waals surface area (Å²) < 4.78 is 26.6. The number of carbonyl (C=O) groups is 1. The lowest BCUT2D eigenvalue weighted by Crippen LogP contribution is -2.47. The number of pyridine rings is 1. The van der Waals surface area contributed by atoms with Crippen molar-refractivity contribution in [2.24, 2.45) is 5.92 Å². The minimum Gasteiger partial charge on any atom is -0.481 e. The molecular weight excluding hydrogens is 318 g/mol. The van der Waals surface area contributed by atoms with Crippen molar-refractivity contribution in [2.45, 2.75) is 30.7 Å². The first-order valence-electron chi connectivity index (χ1n) is 6.39. The molecule has 116 valence electrons. The number of piperidine rings is 1. The molecule has 1 aromatic heterocycles. The van der Waals surface area contributed by atoms with E-state index in [1.807, 2.05) is 0 Å². The van der Waals surface area contributed by atoms with Gasteiger partial charge in [-0.25, -0.2) is 13.4 Å². The SMILES string of the molecule is CC1CCC(C(=O)O)CN1S(=O)(=O)c1cc(Cl)cnc1N. The van der Waals surface area contributed by atoms with E-state index in [1.54, 1.807) is 6.92 Å². The number of rotatable bonds is 3. The molecule has 1 aliphatic rings. The number of hydrogen-bond donors (Lipinski definition) is 2. The topological polar surface area (TPSA) is 114 Å². The molecule has 2 unspecified atom stereocenters. The van der Waals surface area contributed by atoms with E-state index in [2.05, 4.69) is 4.98 Å². The van der Waals surface area contributed by atoms with Gasteiger partial charge >= 0.3 is 5.97 Å². The number of nitrogen functional groups attached to an aromatic ring is 1. The van der Waals surface area contributed by atoms with Crippen molar-refractivity contribution in [3.05, 3.63) is 17.3 Å². The number of nitrogens with zero attached hydrogens (tertiary/aromatic N) is 2. The molecule has 0 amide bonds. The maximum atomic E-state index is 12.7. The quantitative estimate of drug-likeness (QED) is 0.858. The Bertz CT molecular complexity index is 664. The van der Waals surface area contributed by atoms with Crippen molar-refractivity contribution in [2.75, 3.05) is 12.3 Å². The van der Waals surface area contributed by atoms with Gasteiger partial charge in [0.2, 0.25) is 10.0 Å². The number of carboxylic acid groups (broad SMARTS) is 1. The Morgan fingerprint density at radius 2 is 2.19 bits per heavy atom. The lowest BCUT2D eigenvalue weighted by Gasteiger charge is -2.35. The first-order valence-corrected chi connectivity index (χ1v) is 8.21. The van der Waals surface area contributed by atoms with E-state index in [9.17, 15) is 13.2 Å². The van der Waals surface area contributed by atoms with Gasteiger partial charge in [0.15, 0.2) is 0 Å². The van der Waals surface area contributed by atoms with Crippen molar-refractivity contribution in [3.63, 3.8) is 0 Å². The Hall–Kier alpha value is -1.38. The first-order chi connectivity index (χ1) is 9.73. The fourth-order valence-electron chi connectivity index (χ4n) is 2.38. The zero-order valence-corrected chi connectivity index (χ0v) is 12.9. The number of hydrogen-bond acceptors (Lipinski definition) is 5. The molecule has 9 heteroatoms. The predicted octanol–water partition coefficient (Wildman–Crippen LogP) is 1.19. The first kappa shape index (κ1) is 16.0. The molecule has 0 aromatic carbocycles. The zero-order valence-electron chi connectivity index (χ0n) is 11.4. The third-order valence-corrected chi connectivity index (χ3v) is 5.83. The van der Waals surface area contributed by atoms with Gasteiger partial charge in [-0.3, -0.25) is 4.79 Å². The molecule has 0 bridgehead atoms. The molecule has 7 nitrogen and oxygen atoms in total. The van der Waals surface area contributed by atoms with Crippen molar-refractivity contribution < 1.29 is 18.3 Å². The summed E-state index contributed by atoms with van der Waals surface area (Å²) in [5, 5.41) is 9.25. The fourth-order valence-corrected chi connectivity index (χ4v) is 4.40. The van der Waals surface area contributed by atoms with E-state index in [4.69, 9.17) is 22.4 Å². The molecule has 1 aromatic rings. The average Bonchev–Trinajstić information content (AvgIpc) is 2.41. The van der Waals surface area contributed by atoms with Gasteiger partial charge in [-0.15, -0.1) is 0 Å². The number of carboxylic acids is 1. The molecule has 1 fully saturated rings. The van der Waals surface area contributed by atoms with Crippen LogP contribution in [0.15, 0.2) is 17.2 Å². The zero-order chi connectivity index (χ0) is 15.8. The van der Waals surface area contributed by atoms with Gasteiger partial charge in [0.1, 0.15) is 10.7 Å². The Morgan fingerprint density at radius 1 is 1.52 bits per heavy atom. The second-order valence-electron chi connectivity index (χ2n) is 5.07. The maximum absolute atomic E-state index is 12.7. The molecule has 21 heavy (non-hydrogen) atoms. The van der Waals surface area contributed by atoms with Crippen LogP contribution in [-0.2, 0) is 14.8 Å². The Kier molecular flexibility index (Phi) is 4.40. The van der Waals surface area contributed by atoms with Gasteiger partial charge in [0.25, 0.3) is 0 Å². The summed E-state index contributed by atoms with van der Waals surface area (Å²) in [6.45, 7) is 1.66. The highest BCUT2D eigenvalue weighted by molar-refractivity contribution is 7.89. The maximum Gasteiger partial charge on any atom is 0.307 e. The van der Waals surface area contributed by atoms with Crippen LogP contribution in [0.5, 0.6) is 0 Å². The molecule has 1 aliphatic heterocycles. The van der Waals surface area contributed by atoms with E-state index >= 15 is 0 Å². The van der Waals surface area contributed by atoms with Gasteiger partial charge in [0, 0.05) is 18.8 Å². The van der Waals surface area contributed by atoms with Crippen LogP contribution in [0, 0.1) is 5.92 Å². The Morgan fingerprint density at radius 3 is 2.81 bits per heavy atom. The predicted molar refractivity (Wildman–Crippen MR) is 77.4 cm³/mol. The second-order valence-corrected chi connectivity index (χ2v) is 7.37. The van der Waals surface area contributed by atoms with Crippen LogP contribution >= 0.6 is 11.6 Å². The largest absolute Gasteiger partial charge is 0.481 e. The lowest BCUT2D eigenvalue weighted by molar-refractivity contribution is -0.143. The average molecular weight is 334 g/mol. The van der Waals surface area contributed by atoms with Crippen molar-refractivity contribution in [1.82, 2.24) is 9.29 Å². The third kappa shape index (κ3) is 3.12. The van der Waals surface area contributed by atoms with Crippen LogP contribution in [0.1, 0.15) is 19.8 Å². The van der Waals surface area contributed by atoms with E-state index in [1.165, 1.54) is 16.6 Å². The van der Waals surface area contributed by atoms with Gasteiger partial charge in [0.05, 0.1) is 10.9 Å². The summed E-state index contributed by atoms with van der Waals surface area (Å²) in [5.41, 5.74) is 5.63. The highest BCUT2D eigenvalue weighted by atomic mass is 35.5. The summed E-state index contributed by atoms with van der Waals surface area (Å²) in [6.07, 6.45) is 2.19. The standard InChI is InChI=1S/C12H16ClN3O4S/c1-7-2-3-8(12(17)18)6-16(7)21(19,20)10-4-9(13)5-15-11(10)14/h4-5,7-8H,2-3,6H2,1H3,(H2,14,15)(H,17,18). The fraction of sp³-hybridized carbons (Fsp3) is 0.500. The van der Waals surface area contributed by atoms with Gasteiger partial charge in [-0.05, 0) is 25.8 Å². The third-order valence-electron chi connectivity index (χ3n) is 3.61. The number of anilines is 1. The number of nitrogens with two attached hydrogens (primary N) is 1. The van der Waals surface area contributed by atoms with Crippen molar-refractivity contribution in [3.8, 4) is 0 Å². The number of sulfonamides is 1. The van der Waals surface area contributed by atoms with E-state index in [-0.39, 0.29) is 28.3 Å². The molecule has 0 saturated carbocycles. The molecule has 0 spiro atoms. The molecular formula is C12H16ClN3O4S. The molecule has 2 rings (SSSR count). The number of aliphatic carboxylic acids is 1. The monoisotopic (exact) mass is 333 g/mol. The Labute approximate surface area is 127 Å². The highest BCUT2D eigenvalue weighted by Crippen LogP contribution is 2.31. The molecule has 3 N–H and O–H groups in total. The van der Waals surface area contributed by atoms with E-state index in [0.29, 0.717) is 12.8 Å². The molecule has 2 heterocycles. The molecule has 0 aliphatic carbocycles. The van der Waals surface area contributed by atoms with Gasteiger partial charge < -0.3 is 10.8 Å². The summed E-state index contributed by atoms with van der Waals surface area (Å²) in [5.74, 6) is -1.87. The van der Waals surface area contributed by atoms with Gasteiger partial charge in [-0.1, -0.05) is 11.6 Å². The lowest BCUT2D eigenvalue weighted by atomic mass is 9.96. The minimum atomic E-state index is -3.93. The summed E-state index contributed by atoms with van der Waals surface area (Å²) in [4.78, 5) is 14.7. The van der Waals surface area contributed by atoms with E-state index in [0.717, 1.165) is 0 Å². The molecule has 0 radical (unpaired) electrons. The smallest absolute Gasteiger partial charge is 0.307 e. The normalized spacial score (nSPS) is 23.9. The second kappa shape index (κ2) is 5.78. The minimum absolute atomic E-state index is 0.0786. The van der Waals surface area contributed by atoms with Crippen molar-refractivity contribution >= 4 is 33.4 Å². The van der Waals surface area contributed by atoms with Crippen LogP contribution in [0.25, 0.3) is 0 Å². The Balaban J connectivity index is 2.42. The molecule has 1 saturated heterocycles. The van der Waals surface area contributed by atoms with Crippen LogP contribution in [-0.4, -0.2) is 41.4 Å². The summed E-state index contributed by atoms with van der Waals surface area (Å²) >= 11 is 5.78. The van der Waals surface area contributed by atoms with Crippen LogP contribution < -0.4 is 5.73 Å². The van der Waals surface area contributed by atoms with E-state index < -0.39 is 21.9 Å². The summed E-state index contributed by atoms with van der Waals surface area (Å²) in [6, 6.07) is 0.931.